The van der Waals surface area contributed by atoms with Gasteiger partial charge in [-0.25, -0.2) is 4.79 Å². The Labute approximate surface area is 84.6 Å². The highest BCUT2D eigenvalue weighted by atomic mass is 19.4. The second kappa shape index (κ2) is 6.41. The Kier molecular flexibility index (Phi) is 5.95. The molecule has 0 aromatic carbocycles. The molecule has 0 radical (unpaired) electrons. The van der Waals surface area contributed by atoms with E-state index in [9.17, 15) is 18.0 Å². The third-order valence-electron chi connectivity index (χ3n) is 1.44. The maximum atomic E-state index is 12.0. The van der Waals surface area contributed by atoms with Crippen LogP contribution in [0.1, 0.15) is 0 Å². The van der Waals surface area contributed by atoms with E-state index in [4.69, 9.17) is 10.2 Å². The van der Waals surface area contributed by atoms with Crippen molar-refractivity contribution in [3.8, 4) is 0 Å². The number of hydrogen-bond donors (Lipinski definition) is 2. The molecule has 15 heavy (non-hydrogen) atoms. The molecular formula is C8H12F3NO3. The first-order chi connectivity index (χ1) is 6.85. The molecule has 0 atom stereocenters. The molecule has 4 nitrogen and oxygen atoms in total. The van der Waals surface area contributed by atoms with Gasteiger partial charge < -0.3 is 10.2 Å². The van der Waals surface area contributed by atoms with Gasteiger partial charge in [0.2, 0.25) is 0 Å². The summed E-state index contributed by atoms with van der Waals surface area (Å²) < 4.78 is 35.9. The highest BCUT2D eigenvalue weighted by Gasteiger charge is 2.29. The average Bonchev–Trinajstić information content (AvgIpc) is 2.00. The summed E-state index contributed by atoms with van der Waals surface area (Å²) in [4.78, 5) is 10.9. The van der Waals surface area contributed by atoms with Crippen LogP contribution in [0.2, 0.25) is 0 Å². The van der Waals surface area contributed by atoms with E-state index in [1.807, 2.05) is 0 Å². The average molecular weight is 227 g/mol. The van der Waals surface area contributed by atoms with Gasteiger partial charge in [0.25, 0.3) is 0 Å². The van der Waals surface area contributed by atoms with Gasteiger partial charge in [-0.15, -0.1) is 0 Å². The van der Waals surface area contributed by atoms with Gasteiger partial charge in [-0.3, -0.25) is 4.90 Å². The normalized spacial score (nSPS) is 12.6. The molecule has 0 amide bonds. The summed E-state index contributed by atoms with van der Waals surface area (Å²) in [5, 5.41) is 16.7. The predicted octanol–water partition coefficient (Wildman–Crippen LogP) is 0.484. The highest BCUT2D eigenvalue weighted by Crippen LogP contribution is 2.15. The van der Waals surface area contributed by atoms with Crippen LogP contribution in [0.15, 0.2) is 12.2 Å². The number of carboxylic acid groups (broad SMARTS) is 1. The Morgan fingerprint density at radius 1 is 1.40 bits per heavy atom. The topological polar surface area (TPSA) is 60.8 Å². The molecular weight excluding hydrogens is 215 g/mol. The fourth-order valence-corrected chi connectivity index (χ4v) is 0.932. The predicted molar refractivity (Wildman–Crippen MR) is 46.4 cm³/mol. The Morgan fingerprint density at radius 3 is 2.40 bits per heavy atom. The van der Waals surface area contributed by atoms with Crippen molar-refractivity contribution in [2.24, 2.45) is 0 Å². The van der Waals surface area contributed by atoms with Crippen LogP contribution in [0.3, 0.4) is 0 Å². The van der Waals surface area contributed by atoms with Gasteiger partial charge in [0.1, 0.15) is 0 Å². The van der Waals surface area contributed by atoms with Crippen molar-refractivity contribution in [3.05, 3.63) is 12.2 Å². The molecule has 0 spiro atoms. The van der Waals surface area contributed by atoms with Gasteiger partial charge in [0.15, 0.2) is 0 Å². The van der Waals surface area contributed by atoms with E-state index in [1.165, 1.54) is 0 Å². The molecule has 2 N–H and O–H groups in total. The quantitative estimate of drug-likeness (QED) is 0.648. The van der Waals surface area contributed by atoms with Crippen molar-refractivity contribution in [1.82, 2.24) is 4.90 Å². The molecule has 0 saturated heterocycles. The molecule has 0 heterocycles. The van der Waals surface area contributed by atoms with E-state index < -0.39 is 25.3 Å². The molecule has 7 heteroatoms. The van der Waals surface area contributed by atoms with Crippen LogP contribution < -0.4 is 0 Å². The monoisotopic (exact) mass is 227 g/mol. The first kappa shape index (κ1) is 13.9. The lowest BCUT2D eigenvalue weighted by atomic mass is 10.4. The minimum atomic E-state index is -4.35. The third kappa shape index (κ3) is 9.23. The van der Waals surface area contributed by atoms with E-state index in [1.54, 1.807) is 0 Å². The smallest absolute Gasteiger partial charge is 0.401 e. The van der Waals surface area contributed by atoms with Crippen molar-refractivity contribution in [3.63, 3.8) is 0 Å². The first-order valence-corrected chi connectivity index (χ1v) is 4.14. The highest BCUT2D eigenvalue weighted by molar-refractivity contribution is 5.79. The van der Waals surface area contributed by atoms with Gasteiger partial charge >= 0.3 is 12.1 Å². The zero-order valence-electron chi connectivity index (χ0n) is 7.87. The molecule has 0 aromatic rings. The number of rotatable bonds is 6. The number of carboxylic acids is 1. The van der Waals surface area contributed by atoms with E-state index in [-0.39, 0.29) is 13.1 Å². The van der Waals surface area contributed by atoms with Crippen molar-refractivity contribution >= 4 is 5.97 Å². The van der Waals surface area contributed by atoms with E-state index in [0.717, 1.165) is 17.1 Å². The molecule has 0 unspecified atom stereocenters. The summed E-state index contributed by atoms with van der Waals surface area (Å²) in [6, 6.07) is 0. The summed E-state index contributed by atoms with van der Waals surface area (Å²) in [6.45, 7) is -1.88. The molecule has 0 aromatic heterocycles. The SMILES string of the molecule is O=C(O)/C=C/CN(CCO)CC(F)(F)F. The number of alkyl halides is 3. The number of carbonyl (C=O) groups is 1. The maximum absolute atomic E-state index is 12.0. The zero-order valence-corrected chi connectivity index (χ0v) is 7.87. The fraction of sp³-hybridized carbons (Fsp3) is 0.625. The van der Waals surface area contributed by atoms with Gasteiger partial charge in [0.05, 0.1) is 13.2 Å². The summed E-state index contributed by atoms with van der Waals surface area (Å²) in [5.74, 6) is -1.22. The summed E-state index contributed by atoms with van der Waals surface area (Å²) in [6.07, 6.45) is -2.49. The number of aliphatic hydroxyl groups excluding tert-OH is 1. The molecule has 88 valence electrons. The number of halogens is 3. The van der Waals surface area contributed by atoms with E-state index >= 15 is 0 Å². The summed E-state index contributed by atoms with van der Waals surface area (Å²) in [7, 11) is 0. The van der Waals surface area contributed by atoms with Crippen LogP contribution in [0.25, 0.3) is 0 Å². The second-order valence-electron chi connectivity index (χ2n) is 2.81. The van der Waals surface area contributed by atoms with Crippen LogP contribution in [0.4, 0.5) is 13.2 Å². The van der Waals surface area contributed by atoms with Crippen molar-refractivity contribution < 1.29 is 28.2 Å². The summed E-state index contributed by atoms with van der Waals surface area (Å²) in [5.41, 5.74) is 0. The van der Waals surface area contributed by atoms with Crippen LogP contribution in [0.5, 0.6) is 0 Å². The van der Waals surface area contributed by atoms with Gasteiger partial charge in [-0.2, -0.15) is 13.2 Å². The lowest BCUT2D eigenvalue weighted by Crippen LogP contribution is -2.36. The number of aliphatic carboxylic acids is 1. The zero-order chi connectivity index (χ0) is 11.9. The molecule has 0 aliphatic carbocycles. The minimum absolute atomic E-state index is 0.149. The van der Waals surface area contributed by atoms with Gasteiger partial charge in [-0.1, -0.05) is 6.08 Å². The van der Waals surface area contributed by atoms with E-state index in [2.05, 4.69) is 0 Å². The van der Waals surface area contributed by atoms with Crippen LogP contribution in [-0.2, 0) is 4.79 Å². The molecule has 0 saturated carbocycles. The fourth-order valence-electron chi connectivity index (χ4n) is 0.932. The number of aliphatic hydroxyl groups is 1. The third-order valence-corrected chi connectivity index (χ3v) is 1.44. The molecule has 0 fully saturated rings. The standard InChI is InChI=1S/C8H12F3NO3/c9-8(10,11)6-12(4-5-13)3-1-2-7(14)15/h1-2,13H,3-6H2,(H,14,15)/b2-1+. The Balaban J connectivity index is 4.10. The molecule has 0 aliphatic heterocycles. The van der Waals surface area contributed by atoms with Crippen molar-refractivity contribution in [2.45, 2.75) is 6.18 Å². The molecule has 0 aliphatic rings. The minimum Gasteiger partial charge on any atom is -0.478 e. The maximum Gasteiger partial charge on any atom is 0.401 e. The van der Waals surface area contributed by atoms with Gasteiger partial charge in [-0.05, 0) is 0 Å². The van der Waals surface area contributed by atoms with Crippen LogP contribution >= 0.6 is 0 Å². The lowest BCUT2D eigenvalue weighted by Gasteiger charge is -2.20. The summed E-state index contributed by atoms with van der Waals surface area (Å²) >= 11 is 0. The second-order valence-corrected chi connectivity index (χ2v) is 2.81. The lowest BCUT2D eigenvalue weighted by molar-refractivity contribution is -0.145. The van der Waals surface area contributed by atoms with Crippen molar-refractivity contribution in [2.75, 3.05) is 26.2 Å². The van der Waals surface area contributed by atoms with Crippen LogP contribution in [0, 0.1) is 0 Å². The van der Waals surface area contributed by atoms with E-state index in [0.29, 0.717) is 0 Å². The number of hydrogen-bond acceptors (Lipinski definition) is 3. The Morgan fingerprint density at radius 2 is 2.00 bits per heavy atom. The largest absolute Gasteiger partial charge is 0.478 e. The van der Waals surface area contributed by atoms with Crippen molar-refractivity contribution in [1.29, 1.82) is 0 Å². The molecule has 0 rings (SSSR count). The Bertz CT molecular complexity index is 228. The van der Waals surface area contributed by atoms with Crippen LogP contribution in [-0.4, -0.2) is 53.5 Å². The number of nitrogens with zero attached hydrogens (tertiary/aromatic N) is 1. The van der Waals surface area contributed by atoms with Gasteiger partial charge in [0, 0.05) is 19.2 Å². The Hall–Kier alpha value is -1.08. The first-order valence-electron chi connectivity index (χ1n) is 4.14. The molecule has 0 bridgehead atoms.